The average molecular weight is 258 g/mol. The third-order valence-electron chi connectivity index (χ3n) is 3.05. The van der Waals surface area contributed by atoms with Crippen molar-refractivity contribution in [2.24, 2.45) is 5.92 Å². The fraction of sp³-hybridized carbons (Fsp3) is 0.500. The summed E-state index contributed by atoms with van der Waals surface area (Å²) in [6, 6.07) is 5.07. The van der Waals surface area contributed by atoms with Gasteiger partial charge in [-0.15, -0.1) is 0 Å². The van der Waals surface area contributed by atoms with Crippen molar-refractivity contribution in [1.29, 1.82) is 0 Å². The minimum atomic E-state index is -0.371. The Balaban J connectivity index is 2.11. The minimum Gasteiger partial charge on any atom is -0.317 e. The van der Waals surface area contributed by atoms with Crippen LogP contribution in [0.4, 0.5) is 4.39 Å². The molecule has 1 saturated heterocycles. The van der Waals surface area contributed by atoms with Crippen molar-refractivity contribution >= 4 is 11.6 Å². The molecule has 0 aromatic heterocycles. The van der Waals surface area contributed by atoms with Crippen LogP contribution in [0.15, 0.2) is 18.2 Å². The van der Waals surface area contributed by atoms with Gasteiger partial charge in [-0.05, 0) is 24.2 Å². The van der Waals surface area contributed by atoms with Crippen LogP contribution in [0.2, 0.25) is 5.02 Å². The quantitative estimate of drug-likeness (QED) is 0.771. The van der Waals surface area contributed by atoms with Gasteiger partial charge in [0.05, 0.1) is 11.1 Å². The fourth-order valence-electron chi connectivity index (χ4n) is 2.12. The standard InChI is InChI=1S/C12H17ClFN3/c1-2-15-6-9-7-16-17-12(9)8-3-4-11(14)10(13)5-8/h3-5,9,12,15-17H,2,6-7H2,1H3. The summed E-state index contributed by atoms with van der Waals surface area (Å²) in [5, 5.41) is 3.51. The van der Waals surface area contributed by atoms with E-state index in [1.807, 2.05) is 0 Å². The van der Waals surface area contributed by atoms with Crippen LogP contribution in [0, 0.1) is 11.7 Å². The zero-order valence-corrected chi connectivity index (χ0v) is 10.5. The van der Waals surface area contributed by atoms with Crippen molar-refractivity contribution in [3.8, 4) is 0 Å². The van der Waals surface area contributed by atoms with Crippen LogP contribution in [-0.4, -0.2) is 19.6 Å². The van der Waals surface area contributed by atoms with Gasteiger partial charge in [0.1, 0.15) is 5.82 Å². The molecule has 17 heavy (non-hydrogen) atoms. The van der Waals surface area contributed by atoms with Gasteiger partial charge < -0.3 is 5.32 Å². The average Bonchev–Trinajstić information content (AvgIpc) is 2.78. The number of hydrogen-bond donors (Lipinski definition) is 3. The Kier molecular flexibility index (Phi) is 4.34. The van der Waals surface area contributed by atoms with E-state index in [0.29, 0.717) is 5.92 Å². The Morgan fingerprint density at radius 1 is 1.53 bits per heavy atom. The van der Waals surface area contributed by atoms with Gasteiger partial charge in [-0.25, -0.2) is 9.82 Å². The first kappa shape index (κ1) is 12.8. The summed E-state index contributed by atoms with van der Waals surface area (Å²) in [6.07, 6.45) is 0. The second kappa shape index (κ2) is 5.78. The topological polar surface area (TPSA) is 36.1 Å². The summed E-state index contributed by atoms with van der Waals surface area (Å²) >= 11 is 5.81. The van der Waals surface area contributed by atoms with Gasteiger partial charge >= 0.3 is 0 Å². The predicted octanol–water partition coefficient (Wildman–Crippen LogP) is 1.85. The van der Waals surface area contributed by atoms with Crippen LogP contribution in [0.1, 0.15) is 18.5 Å². The molecule has 0 radical (unpaired) electrons. The zero-order valence-electron chi connectivity index (χ0n) is 9.76. The van der Waals surface area contributed by atoms with Crippen molar-refractivity contribution in [3.63, 3.8) is 0 Å². The van der Waals surface area contributed by atoms with E-state index < -0.39 is 0 Å². The fourth-order valence-corrected chi connectivity index (χ4v) is 2.31. The number of rotatable bonds is 4. The molecule has 0 aliphatic carbocycles. The summed E-state index contributed by atoms with van der Waals surface area (Å²) < 4.78 is 13.1. The van der Waals surface area contributed by atoms with Gasteiger partial charge in [0, 0.05) is 19.0 Å². The van der Waals surface area contributed by atoms with Crippen molar-refractivity contribution in [2.75, 3.05) is 19.6 Å². The smallest absolute Gasteiger partial charge is 0.141 e. The van der Waals surface area contributed by atoms with Crippen LogP contribution in [-0.2, 0) is 0 Å². The summed E-state index contributed by atoms with van der Waals surface area (Å²) in [6.45, 7) is 4.86. The lowest BCUT2D eigenvalue weighted by Gasteiger charge is -2.19. The third kappa shape index (κ3) is 2.96. The van der Waals surface area contributed by atoms with E-state index in [1.165, 1.54) is 6.07 Å². The van der Waals surface area contributed by atoms with Gasteiger partial charge in [-0.2, -0.15) is 0 Å². The molecule has 1 aromatic rings. The Morgan fingerprint density at radius 2 is 2.35 bits per heavy atom. The number of nitrogens with one attached hydrogen (secondary N) is 3. The largest absolute Gasteiger partial charge is 0.317 e. The molecular formula is C12H17ClFN3. The Labute approximate surface area is 106 Å². The molecule has 0 amide bonds. The Bertz CT molecular complexity index is 386. The number of benzene rings is 1. The number of hydrazine groups is 1. The SMILES string of the molecule is CCNCC1CNNC1c1ccc(F)c(Cl)c1. The Hall–Kier alpha value is -0.680. The lowest BCUT2D eigenvalue weighted by molar-refractivity contribution is 0.447. The van der Waals surface area contributed by atoms with E-state index in [9.17, 15) is 4.39 Å². The summed E-state index contributed by atoms with van der Waals surface area (Å²) in [5.41, 5.74) is 7.36. The van der Waals surface area contributed by atoms with Crippen LogP contribution < -0.4 is 16.2 Å². The van der Waals surface area contributed by atoms with E-state index in [-0.39, 0.29) is 16.9 Å². The monoisotopic (exact) mass is 257 g/mol. The van der Waals surface area contributed by atoms with E-state index in [0.717, 1.165) is 25.2 Å². The molecule has 3 nitrogen and oxygen atoms in total. The second-order valence-corrected chi connectivity index (χ2v) is 4.65. The van der Waals surface area contributed by atoms with E-state index >= 15 is 0 Å². The first-order chi connectivity index (χ1) is 8.22. The van der Waals surface area contributed by atoms with Crippen molar-refractivity contribution in [2.45, 2.75) is 13.0 Å². The first-order valence-corrected chi connectivity index (χ1v) is 6.24. The van der Waals surface area contributed by atoms with Crippen LogP contribution >= 0.6 is 11.6 Å². The van der Waals surface area contributed by atoms with Crippen molar-refractivity contribution < 1.29 is 4.39 Å². The van der Waals surface area contributed by atoms with Crippen LogP contribution in [0.5, 0.6) is 0 Å². The number of halogens is 2. The van der Waals surface area contributed by atoms with Gasteiger partial charge in [0.2, 0.25) is 0 Å². The molecule has 1 aromatic carbocycles. The maximum Gasteiger partial charge on any atom is 0.141 e. The van der Waals surface area contributed by atoms with E-state index in [1.54, 1.807) is 12.1 Å². The molecule has 5 heteroatoms. The highest BCUT2D eigenvalue weighted by Crippen LogP contribution is 2.27. The molecule has 1 fully saturated rings. The normalized spacial score (nSPS) is 24.2. The van der Waals surface area contributed by atoms with E-state index in [4.69, 9.17) is 11.6 Å². The molecule has 2 unspecified atom stereocenters. The molecular weight excluding hydrogens is 241 g/mol. The molecule has 2 rings (SSSR count). The zero-order chi connectivity index (χ0) is 12.3. The molecule has 94 valence electrons. The second-order valence-electron chi connectivity index (χ2n) is 4.24. The molecule has 2 atom stereocenters. The summed E-state index contributed by atoms with van der Waals surface area (Å²) in [4.78, 5) is 0. The molecule has 1 aliphatic heterocycles. The van der Waals surface area contributed by atoms with Crippen molar-refractivity contribution in [3.05, 3.63) is 34.6 Å². The molecule has 1 aliphatic rings. The molecule has 3 N–H and O–H groups in total. The number of hydrogen-bond acceptors (Lipinski definition) is 3. The summed E-state index contributed by atoms with van der Waals surface area (Å²) in [7, 11) is 0. The highest BCUT2D eigenvalue weighted by Gasteiger charge is 2.27. The lowest BCUT2D eigenvalue weighted by atomic mass is 9.95. The van der Waals surface area contributed by atoms with Crippen LogP contribution in [0.3, 0.4) is 0 Å². The summed E-state index contributed by atoms with van der Waals surface area (Å²) in [5.74, 6) is 0.0704. The van der Waals surface area contributed by atoms with Crippen LogP contribution in [0.25, 0.3) is 0 Å². The third-order valence-corrected chi connectivity index (χ3v) is 3.34. The predicted molar refractivity (Wildman–Crippen MR) is 67.3 cm³/mol. The maximum atomic E-state index is 13.1. The highest BCUT2D eigenvalue weighted by atomic mass is 35.5. The molecule has 1 heterocycles. The molecule has 0 bridgehead atoms. The van der Waals surface area contributed by atoms with Gasteiger partial charge in [-0.1, -0.05) is 24.6 Å². The Morgan fingerprint density at radius 3 is 3.06 bits per heavy atom. The lowest BCUT2D eigenvalue weighted by Crippen LogP contribution is -2.28. The highest BCUT2D eigenvalue weighted by molar-refractivity contribution is 6.30. The maximum absolute atomic E-state index is 13.1. The van der Waals surface area contributed by atoms with Gasteiger partial charge in [0.25, 0.3) is 0 Å². The first-order valence-electron chi connectivity index (χ1n) is 5.86. The van der Waals surface area contributed by atoms with Gasteiger partial charge in [0.15, 0.2) is 0 Å². The van der Waals surface area contributed by atoms with Gasteiger partial charge in [-0.3, -0.25) is 5.43 Å². The minimum absolute atomic E-state index is 0.173. The van der Waals surface area contributed by atoms with Crippen molar-refractivity contribution in [1.82, 2.24) is 16.2 Å². The van der Waals surface area contributed by atoms with E-state index in [2.05, 4.69) is 23.1 Å². The molecule has 0 spiro atoms. The molecule has 0 saturated carbocycles.